The third-order valence-corrected chi connectivity index (χ3v) is 4.79. The molecule has 0 fully saturated rings. The topological polar surface area (TPSA) is 29.3 Å². The van der Waals surface area contributed by atoms with Crippen LogP contribution in [-0.4, -0.2) is 29.5 Å². The van der Waals surface area contributed by atoms with Crippen LogP contribution < -0.4 is 5.73 Å². The summed E-state index contributed by atoms with van der Waals surface area (Å²) < 4.78 is 0. The van der Waals surface area contributed by atoms with Crippen molar-refractivity contribution in [1.82, 2.24) is 4.90 Å². The van der Waals surface area contributed by atoms with Gasteiger partial charge in [-0.05, 0) is 36.9 Å². The summed E-state index contributed by atoms with van der Waals surface area (Å²) in [4.78, 5) is 3.17. The van der Waals surface area contributed by atoms with Crippen molar-refractivity contribution < 1.29 is 0 Å². The Kier molecular flexibility index (Phi) is 4.58. The number of nitrogens with two attached hydrogens (primary N) is 1. The van der Waals surface area contributed by atoms with Crippen molar-refractivity contribution >= 4 is 17.2 Å². The van der Waals surface area contributed by atoms with E-state index in [4.69, 9.17) is 18.0 Å². The molecule has 0 aliphatic carbocycles. The van der Waals surface area contributed by atoms with Gasteiger partial charge in [-0.25, -0.2) is 0 Å². The van der Waals surface area contributed by atoms with Crippen molar-refractivity contribution in [3.63, 3.8) is 0 Å². The Balaban J connectivity index is 1.90. The largest absolute Gasteiger partial charge is 0.393 e. The molecule has 0 radical (unpaired) electrons. The van der Waals surface area contributed by atoms with E-state index in [0.29, 0.717) is 4.99 Å². The molecule has 2 rings (SSSR count). The summed E-state index contributed by atoms with van der Waals surface area (Å²) in [6.45, 7) is 7.65. The Hall–Kier alpha value is -0.930. The predicted octanol–water partition coefficient (Wildman–Crippen LogP) is 2.79. The maximum atomic E-state index is 5.80. The van der Waals surface area contributed by atoms with Crippen LogP contribution in [0.3, 0.4) is 0 Å². The van der Waals surface area contributed by atoms with Crippen LogP contribution >= 0.6 is 12.2 Å². The van der Waals surface area contributed by atoms with Crippen molar-refractivity contribution in [2.24, 2.45) is 11.1 Å². The van der Waals surface area contributed by atoms with Crippen LogP contribution in [-0.2, 0) is 12.8 Å². The summed E-state index contributed by atoms with van der Waals surface area (Å²) >= 11 is 5.14. The molecule has 0 bridgehead atoms. The summed E-state index contributed by atoms with van der Waals surface area (Å²) in [5, 5.41) is 0. The van der Waals surface area contributed by atoms with E-state index in [1.807, 2.05) is 0 Å². The van der Waals surface area contributed by atoms with Gasteiger partial charge in [0.2, 0.25) is 0 Å². The number of hydrogen-bond donors (Lipinski definition) is 1. The molecule has 1 aliphatic rings. The van der Waals surface area contributed by atoms with Crippen molar-refractivity contribution in [1.29, 1.82) is 0 Å². The molecule has 0 amide bonds. The minimum atomic E-state index is -0.0332. The highest BCUT2D eigenvalue weighted by Crippen LogP contribution is 2.22. The first kappa shape index (κ1) is 14.5. The highest BCUT2D eigenvalue weighted by molar-refractivity contribution is 7.80. The number of fused-ring (bicyclic) bond motifs is 1. The molecule has 0 spiro atoms. The van der Waals surface area contributed by atoms with E-state index in [9.17, 15) is 0 Å². The normalized spacial score (nSPS) is 16.7. The lowest BCUT2D eigenvalue weighted by Crippen LogP contribution is -2.36. The summed E-state index contributed by atoms with van der Waals surface area (Å²) in [7, 11) is 0. The fourth-order valence-electron chi connectivity index (χ4n) is 2.50. The van der Waals surface area contributed by atoms with Crippen LogP contribution in [0.15, 0.2) is 24.3 Å². The Morgan fingerprint density at radius 1 is 1.21 bits per heavy atom. The molecular weight excluding hydrogens is 252 g/mol. The van der Waals surface area contributed by atoms with Crippen LogP contribution in [0.2, 0.25) is 0 Å². The first-order valence-corrected chi connectivity index (χ1v) is 7.49. The van der Waals surface area contributed by atoms with Crippen LogP contribution in [0.5, 0.6) is 0 Å². The zero-order valence-electron chi connectivity index (χ0n) is 12.0. The van der Waals surface area contributed by atoms with Crippen molar-refractivity contribution in [2.45, 2.75) is 33.1 Å². The standard InChI is InChI=1S/C16H24N2S/c1-16(2,15(17)19)9-12-18-10-7-13-5-3-4-6-14(13)8-11-18/h3-6H,7-12H2,1-2H3,(H2,17,19). The highest BCUT2D eigenvalue weighted by Gasteiger charge is 2.23. The summed E-state index contributed by atoms with van der Waals surface area (Å²) in [5.41, 5.74) is 8.79. The Morgan fingerprint density at radius 3 is 2.21 bits per heavy atom. The van der Waals surface area contributed by atoms with Gasteiger partial charge in [-0.1, -0.05) is 50.3 Å². The van der Waals surface area contributed by atoms with Crippen LogP contribution in [0, 0.1) is 5.41 Å². The van der Waals surface area contributed by atoms with E-state index in [0.717, 1.165) is 38.9 Å². The van der Waals surface area contributed by atoms with Gasteiger partial charge in [-0.2, -0.15) is 0 Å². The minimum absolute atomic E-state index is 0.0332. The first-order valence-electron chi connectivity index (χ1n) is 7.08. The zero-order valence-corrected chi connectivity index (χ0v) is 12.8. The van der Waals surface area contributed by atoms with Gasteiger partial charge in [0.1, 0.15) is 0 Å². The summed E-state index contributed by atoms with van der Waals surface area (Å²) in [6.07, 6.45) is 3.35. The van der Waals surface area contributed by atoms with Gasteiger partial charge in [0.15, 0.2) is 0 Å². The zero-order chi connectivity index (χ0) is 13.9. The third-order valence-electron chi connectivity index (χ3n) is 4.23. The number of benzene rings is 1. The summed E-state index contributed by atoms with van der Waals surface area (Å²) in [6, 6.07) is 8.81. The lowest BCUT2D eigenvalue weighted by Gasteiger charge is -2.27. The van der Waals surface area contributed by atoms with Gasteiger partial charge in [-0.15, -0.1) is 0 Å². The second kappa shape index (κ2) is 6.02. The minimum Gasteiger partial charge on any atom is -0.393 e. The Bertz CT molecular complexity index is 427. The predicted molar refractivity (Wildman–Crippen MR) is 85.5 cm³/mol. The molecule has 1 heterocycles. The number of thiocarbonyl (C=S) groups is 1. The van der Waals surface area contributed by atoms with E-state index in [1.165, 1.54) is 11.1 Å². The van der Waals surface area contributed by atoms with E-state index in [-0.39, 0.29) is 5.41 Å². The molecule has 19 heavy (non-hydrogen) atoms. The van der Waals surface area contributed by atoms with Gasteiger partial charge in [0.05, 0.1) is 4.99 Å². The van der Waals surface area contributed by atoms with Gasteiger partial charge in [0.25, 0.3) is 0 Å². The molecular formula is C16H24N2S. The molecule has 2 N–H and O–H groups in total. The average molecular weight is 276 g/mol. The van der Waals surface area contributed by atoms with Crippen LogP contribution in [0.4, 0.5) is 0 Å². The molecule has 1 aromatic carbocycles. The molecule has 0 unspecified atom stereocenters. The van der Waals surface area contributed by atoms with Crippen LogP contribution in [0.25, 0.3) is 0 Å². The van der Waals surface area contributed by atoms with Crippen LogP contribution in [0.1, 0.15) is 31.4 Å². The lowest BCUT2D eigenvalue weighted by atomic mass is 9.89. The van der Waals surface area contributed by atoms with Gasteiger partial charge < -0.3 is 10.6 Å². The Labute approximate surface area is 122 Å². The van der Waals surface area contributed by atoms with E-state index < -0.39 is 0 Å². The van der Waals surface area contributed by atoms with Crippen molar-refractivity contribution in [2.75, 3.05) is 19.6 Å². The quantitative estimate of drug-likeness (QED) is 0.858. The van der Waals surface area contributed by atoms with Crippen molar-refractivity contribution in [3.8, 4) is 0 Å². The maximum Gasteiger partial charge on any atom is 0.0784 e. The lowest BCUT2D eigenvalue weighted by molar-refractivity contribution is 0.256. The molecule has 3 heteroatoms. The molecule has 0 aromatic heterocycles. The second-order valence-electron chi connectivity index (χ2n) is 6.11. The molecule has 1 aromatic rings. The molecule has 0 saturated carbocycles. The number of nitrogens with zero attached hydrogens (tertiary/aromatic N) is 1. The molecule has 1 aliphatic heterocycles. The van der Waals surface area contributed by atoms with E-state index in [2.05, 4.69) is 43.0 Å². The monoisotopic (exact) mass is 276 g/mol. The smallest absolute Gasteiger partial charge is 0.0784 e. The number of rotatable bonds is 4. The highest BCUT2D eigenvalue weighted by atomic mass is 32.1. The molecule has 0 atom stereocenters. The Morgan fingerprint density at radius 2 is 1.74 bits per heavy atom. The first-order chi connectivity index (χ1) is 8.99. The third kappa shape index (κ3) is 3.77. The second-order valence-corrected chi connectivity index (χ2v) is 6.55. The fourth-order valence-corrected chi connectivity index (χ4v) is 2.60. The van der Waals surface area contributed by atoms with Gasteiger partial charge in [0, 0.05) is 18.5 Å². The maximum absolute atomic E-state index is 5.80. The van der Waals surface area contributed by atoms with E-state index >= 15 is 0 Å². The summed E-state index contributed by atoms with van der Waals surface area (Å²) in [5.74, 6) is 0. The SMILES string of the molecule is CC(C)(CCN1CCc2ccccc2CC1)C(N)=S. The number of hydrogen-bond acceptors (Lipinski definition) is 2. The average Bonchev–Trinajstić information content (AvgIpc) is 2.59. The molecule has 0 saturated heterocycles. The van der Waals surface area contributed by atoms with Gasteiger partial charge >= 0.3 is 0 Å². The van der Waals surface area contributed by atoms with Gasteiger partial charge in [-0.3, -0.25) is 0 Å². The van der Waals surface area contributed by atoms with Crippen molar-refractivity contribution in [3.05, 3.63) is 35.4 Å². The fraction of sp³-hybridized carbons (Fsp3) is 0.562. The molecule has 104 valence electrons. The van der Waals surface area contributed by atoms with E-state index in [1.54, 1.807) is 0 Å². The molecule has 2 nitrogen and oxygen atoms in total.